The number of Topliss-reactive ketones (excluding diaryl/α,β-unsaturated/α-hetero) is 1. The fourth-order valence-corrected chi connectivity index (χ4v) is 4.15. The zero-order valence-corrected chi connectivity index (χ0v) is 16.7. The van der Waals surface area contributed by atoms with Crippen LogP contribution in [0.15, 0.2) is 12.4 Å². The molecule has 152 valence electrons. The predicted molar refractivity (Wildman–Crippen MR) is 106 cm³/mol. The molecule has 1 aromatic rings. The van der Waals surface area contributed by atoms with Gasteiger partial charge in [-0.3, -0.25) is 19.4 Å². The lowest BCUT2D eigenvalue weighted by Crippen LogP contribution is -2.56. The number of ketones is 1. The van der Waals surface area contributed by atoms with Gasteiger partial charge in [-0.25, -0.2) is 9.97 Å². The van der Waals surface area contributed by atoms with Crippen molar-refractivity contribution in [3.05, 3.63) is 18.0 Å². The van der Waals surface area contributed by atoms with Gasteiger partial charge in [0.05, 0.1) is 12.1 Å². The molecule has 3 fully saturated rings. The first-order valence-electron chi connectivity index (χ1n) is 10.4. The van der Waals surface area contributed by atoms with E-state index in [0.29, 0.717) is 18.1 Å². The second kappa shape index (κ2) is 8.53. The Balaban J connectivity index is 1.21. The summed E-state index contributed by atoms with van der Waals surface area (Å²) in [7, 11) is 0. The Morgan fingerprint density at radius 1 is 0.964 bits per heavy atom. The van der Waals surface area contributed by atoms with Crippen LogP contribution in [0.3, 0.4) is 0 Å². The zero-order chi connectivity index (χ0) is 19.5. The molecule has 2 saturated heterocycles. The van der Waals surface area contributed by atoms with E-state index in [0.717, 1.165) is 58.4 Å². The van der Waals surface area contributed by atoms with Gasteiger partial charge in [-0.1, -0.05) is 6.42 Å². The molecule has 28 heavy (non-hydrogen) atoms. The second-order valence-corrected chi connectivity index (χ2v) is 8.09. The number of aromatic nitrogens is 2. The van der Waals surface area contributed by atoms with Crippen LogP contribution in [0.1, 0.15) is 36.5 Å². The minimum atomic E-state index is -0.0246. The van der Waals surface area contributed by atoms with Crippen LogP contribution in [0.2, 0.25) is 0 Å². The van der Waals surface area contributed by atoms with Crippen LogP contribution in [0.4, 0.5) is 5.95 Å². The third-order valence-electron chi connectivity index (χ3n) is 6.32. The lowest BCUT2D eigenvalue weighted by Gasteiger charge is -2.43. The molecule has 8 nitrogen and oxygen atoms in total. The summed E-state index contributed by atoms with van der Waals surface area (Å²) >= 11 is 0. The fourth-order valence-electron chi connectivity index (χ4n) is 4.15. The van der Waals surface area contributed by atoms with Crippen LogP contribution >= 0.6 is 0 Å². The Morgan fingerprint density at radius 2 is 1.61 bits per heavy atom. The van der Waals surface area contributed by atoms with Gasteiger partial charge in [-0.15, -0.1) is 0 Å². The smallest absolute Gasteiger partial charge is 0.236 e. The number of carbonyl (C=O) groups is 2. The van der Waals surface area contributed by atoms with Gasteiger partial charge in [-0.05, 0) is 19.8 Å². The van der Waals surface area contributed by atoms with Crippen molar-refractivity contribution in [3.63, 3.8) is 0 Å². The second-order valence-electron chi connectivity index (χ2n) is 8.09. The molecule has 3 aliphatic rings. The van der Waals surface area contributed by atoms with Gasteiger partial charge in [-0.2, -0.15) is 0 Å². The van der Waals surface area contributed by atoms with Crippen LogP contribution in [0.25, 0.3) is 0 Å². The molecule has 0 spiro atoms. The lowest BCUT2D eigenvalue weighted by molar-refractivity contribution is -0.134. The Kier molecular flexibility index (Phi) is 5.87. The fraction of sp³-hybridized carbons (Fsp3) is 0.700. The van der Waals surface area contributed by atoms with E-state index >= 15 is 0 Å². The van der Waals surface area contributed by atoms with Crippen molar-refractivity contribution in [2.75, 3.05) is 63.8 Å². The molecule has 0 atom stereocenters. The third kappa shape index (κ3) is 4.33. The van der Waals surface area contributed by atoms with E-state index in [-0.39, 0.29) is 11.7 Å². The van der Waals surface area contributed by atoms with E-state index in [2.05, 4.69) is 24.7 Å². The Morgan fingerprint density at radius 3 is 2.14 bits per heavy atom. The van der Waals surface area contributed by atoms with Crippen molar-refractivity contribution in [3.8, 4) is 0 Å². The molecule has 1 saturated carbocycles. The minimum absolute atomic E-state index is 0.0246. The predicted octanol–water partition coefficient (Wildman–Crippen LogP) is 0.498. The zero-order valence-electron chi connectivity index (χ0n) is 16.7. The highest BCUT2D eigenvalue weighted by Crippen LogP contribution is 2.25. The van der Waals surface area contributed by atoms with Gasteiger partial charge in [0.1, 0.15) is 0 Å². The first kappa shape index (κ1) is 19.3. The lowest BCUT2D eigenvalue weighted by atomic mass is 9.91. The van der Waals surface area contributed by atoms with Crippen LogP contribution in [-0.2, 0) is 4.79 Å². The average Bonchev–Trinajstić information content (AvgIpc) is 2.68. The van der Waals surface area contributed by atoms with Gasteiger partial charge in [0.2, 0.25) is 11.9 Å². The van der Waals surface area contributed by atoms with Gasteiger partial charge >= 0.3 is 0 Å². The molecular formula is C20H30N6O2. The minimum Gasteiger partial charge on any atom is -0.339 e. The highest BCUT2D eigenvalue weighted by Gasteiger charge is 2.30. The molecule has 1 amide bonds. The number of nitrogens with zero attached hydrogens (tertiary/aromatic N) is 6. The van der Waals surface area contributed by atoms with E-state index in [1.807, 2.05) is 4.90 Å². The molecule has 1 aliphatic carbocycles. The monoisotopic (exact) mass is 386 g/mol. The molecule has 8 heteroatoms. The van der Waals surface area contributed by atoms with Crippen LogP contribution < -0.4 is 4.90 Å². The molecule has 1 aromatic heterocycles. The van der Waals surface area contributed by atoms with E-state index in [1.165, 1.54) is 26.2 Å². The number of carbonyl (C=O) groups excluding carboxylic acids is 2. The molecule has 0 unspecified atom stereocenters. The van der Waals surface area contributed by atoms with Crippen molar-refractivity contribution in [1.29, 1.82) is 0 Å². The van der Waals surface area contributed by atoms with E-state index in [9.17, 15) is 9.59 Å². The van der Waals surface area contributed by atoms with Crippen LogP contribution in [-0.4, -0.2) is 101 Å². The van der Waals surface area contributed by atoms with Gasteiger partial charge in [0.25, 0.3) is 0 Å². The molecular weight excluding hydrogens is 356 g/mol. The Bertz CT molecular complexity index is 689. The number of piperazine rings is 2. The number of anilines is 1. The van der Waals surface area contributed by atoms with Gasteiger partial charge in [0.15, 0.2) is 5.78 Å². The summed E-state index contributed by atoms with van der Waals surface area (Å²) in [5, 5.41) is 0. The van der Waals surface area contributed by atoms with E-state index in [4.69, 9.17) is 0 Å². The summed E-state index contributed by atoms with van der Waals surface area (Å²) in [5.41, 5.74) is 0.533. The highest BCUT2D eigenvalue weighted by molar-refractivity contribution is 5.93. The SMILES string of the molecule is CC(=O)c1cnc(N2CCN(CC(=O)N3CCN(C4CCC4)CC3)CC2)nc1. The Labute approximate surface area is 166 Å². The average molecular weight is 387 g/mol. The molecule has 0 aromatic carbocycles. The van der Waals surface area contributed by atoms with E-state index in [1.54, 1.807) is 12.4 Å². The van der Waals surface area contributed by atoms with Crippen molar-refractivity contribution in [2.45, 2.75) is 32.2 Å². The molecule has 0 radical (unpaired) electrons. The maximum Gasteiger partial charge on any atom is 0.236 e. The van der Waals surface area contributed by atoms with Crippen LogP contribution in [0, 0.1) is 0 Å². The number of hydrogen-bond acceptors (Lipinski definition) is 7. The molecule has 0 bridgehead atoms. The standard InChI is InChI=1S/C20H30N6O2/c1-16(27)17-13-21-20(22-14-17)26-7-5-23(6-8-26)15-19(28)25-11-9-24(10-12-25)18-3-2-4-18/h13-14,18H,2-12,15H2,1H3. The van der Waals surface area contributed by atoms with Crippen molar-refractivity contribution < 1.29 is 9.59 Å². The highest BCUT2D eigenvalue weighted by atomic mass is 16.2. The van der Waals surface area contributed by atoms with Crippen molar-refractivity contribution in [2.24, 2.45) is 0 Å². The first-order chi connectivity index (χ1) is 13.6. The summed E-state index contributed by atoms with van der Waals surface area (Å²) in [6.07, 6.45) is 7.20. The van der Waals surface area contributed by atoms with E-state index < -0.39 is 0 Å². The Hall–Kier alpha value is -2.06. The molecule has 0 N–H and O–H groups in total. The van der Waals surface area contributed by atoms with Crippen molar-refractivity contribution in [1.82, 2.24) is 24.7 Å². The summed E-state index contributed by atoms with van der Waals surface area (Å²) in [6, 6.07) is 0.775. The summed E-state index contributed by atoms with van der Waals surface area (Å²) < 4.78 is 0. The molecule has 4 rings (SSSR count). The molecule has 2 aliphatic heterocycles. The maximum absolute atomic E-state index is 12.7. The van der Waals surface area contributed by atoms with Crippen LogP contribution in [0.5, 0.6) is 0 Å². The largest absolute Gasteiger partial charge is 0.339 e. The number of rotatable bonds is 5. The van der Waals surface area contributed by atoms with Gasteiger partial charge in [0, 0.05) is 70.8 Å². The summed E-state index contributed by atoms with van der Waals surface area (Å²) in [6.45, 7) is 9.04. The molecule has 3 heterocycles. The normalized spacial score (nSPS) is 22.2. The summed E-state index contributed by atoms with van der Waals surface area (Å²) in [4.78, 5) is 41.6. The quantitative estimate of drug-likeness (QED) is 0.682. The maximum atomic E-state index is 12.7. The third-order valence-corrected chi connectivity index (χ3v) is 6.32. The van der Waals surface area contributed by atoms with Gasteiger partial charge < -0.3 is 9.80 Å². The summed E-state index contributed by atoms with van der Waals surface area (Å²) in [5.74, 6) is 0.885. The first-order valence-corrected chi connectivity index (χ1v) is 10.4. The number of amides is 1. The number of hydrogen-bond donors (Lipinski definition) is 0. The van der Waals surface area contributed by atoms with Crippen molar-refractivity contribution >= 4 is 17.6 Å². The topological polar surface area (TPSA) is 72.9 Å².